The molecular weight excluding hydrogens is 488 g/mol. The Bertz CT molecular complexity index is 2350. The van der Waals surface area contributed by atoms with Gasteiger partial charge in [-0.15, -0.1) is 0 Å². The summed E-state index contributed by atoms with van der Waals surface area (Å²) in [5, 5.41) is 16.6. The van der Waals surface area contributed by atoms with Gasteiger partial charge in [0.05, 0.1) is 40.3 Å². The molecule has 8 rings (SSSR count). The second kappa shape index (κ2) is 8.33. The van der Waals surface area contributed by atoms with Crippen LogP contribution in [0.3, 0.4) is 0 Å². The SMILES string of the molecule is [C-]#[N+]c1cc(-n2c3ccc(-n4c5ccccc5c5ccccc54)cc3c3c4ccccc4ccc32)ccc1C#N. The average molecular weight is 509 g/mol. The van der Waals surface area contributed by atoms with Crippen LogP contribution in [0.15, 0.2) is 121 Å². The third-order valence-electron chi connectivity index (χ3n) is 7.96. The molecule has 0 spiro atoms. The van der Waals surface area contributed by atoms with Crippen molar-refractivity contribution in [1.29, 1.82) is 5.26 Å². The van der Waals surface area contributed by atoms with Crippen LogP contribution in [0.25, 0.3) is 70.6 Å². The second-order valence-corrected chi connectivity index (χ2v) is 10.0. The second-order valence-electron chi connectivity index (χ2n) is 10.0. The highest BCUT2D eigenvalue weighted by molar-refractivity contribution is 6.22. The van der Waals surface area contributed by atoms with Crippen LogP contribution in [-0.2, 0) is 0 Å². The molecule has 0 fully saturated rings. The van der Waals surface area contributed by atoms with Crippen LogP contribution in [0.1, 0.15) is 5.56 Å². The van der Waals surface area contributed by atoms with Crippen molar-refractivity contribution >= 4 is 60.1 Å². The van der Waals surface area contributed by atoms with Crippen molar-refractivity contribution in [2.75, 3.05) is 0 Å². The minimum Gasteiger partial charge on any atom is -0.310 e. The average Bonchev–Trinajstić information content (AvgIpc) is 3.53. The number of fused-ring (bicyclic) bond motifs is 8. The molecule has 0 N–H and O–H groups in total. The van der Waals surface area contributed by atoms with E-state index in [1.54, 1.807) is 6.07 Å². The van der Waals surface area contributed by atoms with E-state index < -0.39 is 0 Å². The fourth-order valence-electron chi connectivity index (χ4n) is 6.24. The van der Waals surface area contributed by atoms with Crippen LogP contribution >= 0.6 is 0 Å². The number of hydrogen-bond acceptors (Lipinski definition) is 1. The minimum atomic E-state index is 0.359. The zero-order valence-electron chi connectivity index (χ0n) is 21.3. The molecule has 0 bridgehead atoms. The van der Waals surface area contributed by atoms with E-state index in [2.05, 4.69) is 123 Å². The standard InChI is InChI=1S/C36H20N4/c1-38-31-21-26(16-14-24(31)22-37)40-34-19-17-25(20-30(34)36-27-9-3-2-8-23(27)15-18-35(36)40)39-32-12-6-4-10-28(32)29-11-5-7-13-33(29)39/h2-21H. The molecule has 0 amide bonds. The maximum atomic E-state index is 9.50. The van der Waals surface area contributed by atoms with E-state index in [0.29, 0.717) is 11.3 Å². The van der Waals surface area contributed by atoms with Gasteiger partial charge in [-0.1, -0.05) is 72.8 Å². The van der Waals surface area contributed by atoms with Crippen LogP contribution in [0.2, 0.25) is 0 Å². The van der Waals surface area contributed by atoms with Gasteiger partial charge in [0.25, 0.3) is 0 Å². The van der Waals surface area contributed by atoms with Gasteiger partial charge in [0.1, 0.15) is 0 Å². The first kappa shape index (κ1) is 22.2. The normalized spacial score (nSPS) is 11.4. The van der Waals surface area contributed by atoms with Crippen molar-refractivity contribution in [3.8, 4) is 17.4 Å². The molecule has 0 radical (unpaired) electrons. The Morgan fingerprint density at radius 2 is 1.12 bits per heavy atom. The molecular formula is C36H20N4. The Labute approximate surface area is 230 Å². The fraction of sp³-hybridized carbons (Fsp3) is 0. The summed E-state index contributed by atoms with van der Waals surface area (Å²) in [6.07, 6.45) is 0. The Morgan fingerprint density at radius 1 is 0.550 bits per heavy atom. The Kier molecular flexibility index (Phi) is 4.62. The highest BCUT2D eigenvalue weighted by Crippen LogP contribution is 2.40. The highest BCUT2D eigenvalue weighted by atomic mass is 15.0. The molecule has 40 heavy (non-hydrogen) atoms. The van der Waals surface area contributed by atoms with Crippen LogP contribution < -0.4 is 0 Å². The van der Waals surface area contributed by atoms with E-state index in [-0.39, 0.29) is 0 Å². The van der Waals surface area contributed by atoms with Crippen LogP contribution in [0.4, 0.5) is 5.69 Å². The molecule has 2 heterocycles. The van der Waals surface area contributed by atoms with Gasteiger partial charge in [-0.3, -0.25) is 0 Å². The lowest BCUT2D eigenvalue weighted by Crippen LogP contribution is -1.96. The monoisotopic (exact) mass is 508 g/mol. The first-order valence-corrected chi connectivity index (χ1v) is 13.1. The minimum absolute atomic E-state index is 0.359. The molecule has 0 unspecified atom stereocenters. The van der Waals surface area contributed by atoms with Crippen molar-refractivity contribution in [3.63, 3.8) is 0 Å². The zero-order valence-corrected chi connectivity index (χ0v) is 21.3. The summed E-state index contributed by atoms with van der Waals surface area (Å²) in [5.41, 5.74) is 7.17. The summed E-state index contributed by atoms with van der Waals surface area (Å²) >= 11 is 0. The summed E-state index contributed by atoms with van der Waals surface area (Å²) in [6, 6.07) is 44.2. The first-order chi connectivity index (χ1) is 19.8. The van der Waals surface area contributed by atoms with E-state index >= 15 is 0 Å². The number of para-hydroxylation sites is 2. The fourth-order valence-corrected chi connectivity index (χ4v) is 6.24. The third-order valence-corrected chi connectivity index (χ3v) is 7.96. The lowest BCUT2D eigenvalue weighted by molar-refractivity contribution is 1.17. The third kappa shape index (κ3) is 2.99. The van der Waals surface area contributed by atoms with Crippen molar-refractivity contribution in [2.45, 2.75) is 0 Å². The smallest absolute Gasteiger partial charge is 0.206 e. The molecule has 6 aromatic carbocycles. The van der Waals surface area contributed by atoms with E-state index in [4.69, 9.17) is 6.57 Å². The number of aromatic nitrogens is 2. The predicted octanol–water partition coefficient (Wildman–Crippen LogP) is 9.46. The molecule has 8 aromatic rings. The van der Waals surface area contributed by atoms with Crippen molar-refractivity contribution in [2.24, 2.45) is 0 Å². The number of nitriles is 1. The summed E-state index contributed by atoms with van der Waals surface area (Å²) in [7, 11) is 0. The number of nitrogens with zero attached hydrogens (tertiary/aromatic N) is 4. The zero-order chi connectivity index (χ0) is 26.8. The lowest BCUT2D eigenvalue weighted by atomic mass is 10.0. The van der Waals surface area contributed by atoms with Gasteiger partial charge in [-0.05, 0) is 59.3 Å². The molecule has 4 heteroatoms. The molecule has 184 valence electrons. The quantitative estimate of drug-likeness (QED) is 0.214. The maximum absolute atomic E-state index is 9.50. The predicted molar refractivity (Wildman–Crippen MR) is 164 cm³/mol. The van der Waals surface area contributed by atoms with Crippen LogP contribution in [-0.4, -0.2) is 9.13 Å². The highest BCUT2D eigenvalue weighted by Gasteiger charge is 2.18. The van der Waals surface area contributed by atoms with Gasteiger partial charge in [-0.2, -0.15) is 5.26 Å². The Balaban J connectivity index is 1.51. The van der Waals surface area contributed by atoms with Crippen molar-refractivity contribution < 1.29 is 0 Å². The van der Waals surface area contributed by atoms with E-state index in [0.717, 1.165) is 27.8 Å². The lowest BCUT2D eigenvalue weighted by Gasteiger charge is -2.11. The topological polar surface area (TPSA) is 38.0 Å². The first-order valence-electron chi connectivity index (χ1n) is 13.1. The van der Waals surface area contributed by atoms with Gasteiger partial charge in [0, 0.05) is 32.9 Å². The molecule has 2 aromatic heterocycles. The number of hydrogen-bond donors (Lipinski definition) is 0. The van der Waals surface area contributed by atoms with Crippen LogP contribution in [0.5, 0.6) is 0 Å². The van der Waals surface area contributed by atoms with Crippen LogP contribution in [0, 0.1) is 17.9 Å². The Morgan fingerprint density at radius 3 is 1.85 bits per heavy atom. The molecule has 4 nitrogen and oxygen atoms in total. The summed E-state index contributed by atoms with van der Waals surface area (Å²) in [6.45, 7) is 7.65. The molecule has 0 aliphatic heterocycles. The van der Waals surface area contributed by atoms with E-state index in [1.807, 2.05) is 12.1 Å². The summed E-state index contributed by atoms with van der Waals surface area (Å²) < 4.78 is 4.56. The molecule has 0 aliphatic rings. The summed E-state index contributed by atoms with van der Waals surface area (Å²) in [5.74, 6) is 0. The van der Waals surface area contributed by atoms with Crippen molar-refractivity contribution in [3.05, 3.63) is 138 Å². The molecule has 0 saturated heterocycles. The Hall–Kier alpha value is -5.84. The largest absolute Gasteiger partial charge is 0.310 e. The molecule has 0 saturated carbocycles. The van der Waals surface area contributed by atoms with Gasteiger partial charge in [0.15, 0.2) is 0 Å². The van der Waals surface area contributed by atoms with E-state index in [9.17, 15) is 5.26 Å². The van der Waals surface area contributed by atoms with E-state index in [1.165, 1.54) is 38.0 Å². The van der Waals surface area contributed by atoms with Gasteiger partial charge in [-0.25, -0.2) is 4.85 Å². The molecule has 0 atom stereocenters. The summed E-state index contributed by atoms with van der Waals surface area (Å²) in [4.78, 5) is 3.64. The van der Waals surface area contributed by atoms with Gasteiger partial charge < -0.3 is 9.13 Å². The van der Waals surface area contributed by atoms with Crippen molar-refractivity contribution in [1.82, 2.24) is 9.13 Å². The number of rotatable bonds is 2. The molecule has 0 aliphatic carbocycles. The maximum Gasteiger partial charge on any atom is 0.206 e. The van der Waals surface area contributed by atoms with Gasteiger partial charge >= 0.3 is 0 Å². The van der Waals surface area contributed by atoms with Gasteiger partial charge in [0.2, 0.25) is 5.69 Å². The number of benzene rings is 6.